The van der Waals surface area contributed by atoms with Gasteiger partial charge in [-0.05, 0) is 13.5 Å². The molecule has 2 aliphatic heterocycles. The highest BCUT2D eigenvalue weighted by Gasteiger charge is 2.26. The molecule has 17 heavy (non-hydrogen) atoms. The third-order valence-corrected chi connectivity index (χ3v) is 3.64. The van der Waals surface area contributed by atoms with Crippen molar-refractivity contribution in [3.8, 4) is 0 Å². The van der Waals surface area contributed by atoms with E-state index in [0.717, 1.165) is 37.6 Å². The molecule has 92 valence electrons. The normalized spacial score (nSPS) is 23.8. The Morgan fingerprint density at radius 1 is 1.47 bits per heavy atom. The number of rotatable bonds is 2. The van der Waals surface area contributed by atoms with E-state index in [1.54, 1.807) is 6.33 Å². The number of fused-ring (bicyclic) bond motifs is 1. The lowest BCUT2D eigenvalue weighted by molar-refractivity contribution is 0.109. The van der Waals surface area contributed by atoms with Crippen molar-refractivity contribution in [2.75, 3.05) is 31.6 Å². The van der Waals surface area contributed by atoms with Gasteiger partial charge in [-0.1, -0.05) is 0 Å². The molecular formula is C12H18N4O. The monoisotopic (exact) mass is 234 g/mol. The third-order valence-electron chi connectivity index (χ3n) is 3.64. The summed E-state index contributed by atoms with van der Waals surface area (Å²) in [5.74, 6) is 1.08. The molecule has 1 fully saturated rings. The highest BCUT2D eigenvalue weighted by atomic mass is 16.5. The summed E-state index contributed by atoms with van der Waals surface area (Å²) >= 11 is 0. The Labute approximate surface area is 101 Å². The zero-order valence-electron chi connectivity index (χ0n) is 10.1. The summed E-state index contributed by atoms with van der Waals surface area (Å²) in [5, 5.41) is 3.33. The van der Waals surface area contributed by atoms with Gasteiger partial charge in [0.1, 0.15) is 12.1 Å². The summed E-state index contributed by atoms with van der Waals surface area (Å²) in [6.07, 6.45) is 3.77. The van der Waals surface area contributed by atoms with Gasteiger partial charge in [-0.3, -0.25) is 0 Å². The van der Waals surface area contributed by atoms with Crippen LogP contribution in [0.15, 0.2) is 6.33 Å². The first-order valence-electron chi connectivity index (χ1n) is 6.21. The van der Waals surface area contributed by atoms with Crippen molar-refractivity contribution in [3.05, 3.63) is 17.6 Å². The predicted octanol–water partition coefficient (Wildman–Crippen LogP) is 0.347. The third kappa shape index (κ3) is 2.00. The van der Waals surface area contributed by atoms with Crippen LogP contribution in [-0.4, -0.2) is 42.8 Å². The van der Waals surface area contributed by atoms with Gasteiger partial charge in [-0.2, -0.15) is 0 Å². The van der Waals surface area contributed by atoms with Crippen LogP contribution in [-0.2, 0) is 17.8 Å². The molecule has 5 heteroatoms. The highest BCUT2D eigenvalue weighted by molar-refractivity contribution is 5.50. The van der Waals surface area contributed by atoms with Crippen LogP contribution in [0.4, 0.5) is 5.82 Å². The summed E-state index contributed by atoms with van der Waals surface area (Å²) < 4.78 is 5.53. The predicted molar refractivity (Wildman–Crippen MR) is 65.1 cm³/mol. The van der Waals surface area contributed by atoms with Gasteiger partial charge < -0.3 is 15.0 Å². The van der Waals surface area contributed by atoms with Gasteiger partial charge in [0.15, 0.2) is 0 Å². The van der Waals surface area contributed by atoms with Crippen LogP contribution in [0.5, 0.6) is 0 Å². The van der Waals surface area contributed by atoms with E-state index in [4.69, 9.17) is 4.74 Å². The zero-order chi connectivity index (χ0) is 11.7. The Hall–Kier alpha value is -1.20. The van der Waals surface area contributed by atoms with Gasteiger partial charge in [-0.25, -0.2) is 9.97 Å². The Kier molecular flexibility index (Phi) is 2.94. The first-order chi connectivity index (χ1) is 8.38. The van der Waals surface area contributed by atoms with Crippen LogP contribution in [0.1, 0.15) is 17.7 Å². The first-order valence-corrected chi connectivity index (χ1v) is 6.21. The lowest BCUT2D eigenvalue weighted by Gasteiger charge is -2.24. The minimum absolute atomic E-state index is 0.574. The van der Waals surface area contributed by atoms with Crippen molar-refractivity contribution >= 4 is 5.82 Å². The molecule has 1 saturated heterocycles. The maximum absolute atomic E-state index is 5.53. The lowest BCUT2D eigenvalue weighted by Crippen LogP contribution is -2.31. The quantitative estimate of drug-likeness (QED) is 0.800. The van der Waals surface area contributed by atoms with Gasteiger partial charge in [0.05, 0.1) is 18.9 Å². The number of nitrogens with zero attached hydrogens (tertiary/aromatic N) is 3. The van der Waals surface area contributed by atoms with Gasteiger partial charge in [0, 0.05) is 31.1 Å². The van der Waals surface area contributed by atoms with Crippen LogP contribution in [0.3, 0.4) is 0 Å². The van der Waals surface area contributed by atoms with Gasteiger partial charge in [-0.15, -0.1) is 0 Å². The molecule has 0 spiro atoms. The zero-order valence-corrected chi connectivity index (χ0v) is 10.1. The lowest BCUT2D eigenvalue weighted by atomic mass is 10.1. The molecule has 5 nitrogen and oxygen atoms in total. The van der Waals surface area contributed by atoms with E-state index in [0.29, 0.717) is 12.6 Å². The molecule has 0 aliphatic carbocycles. The van der Waals surface area contributed by atoms with Crippen molar-refractivity contribution in [3.63, 3.8) is 0 Å². The SMILES string of the molecule is CN[C@@H]1CCN(c2ncnc3c2COCC3)C1. The molecule has 1 aromatic heterocycles. The molecule has 2 aliphatic rings. The fourth-order valence-corrected chi connectivity index (χ4v) is 2.61. The molecule has 3 rings (SSSR count). The summed E-state index contributed by atoms with van der Waals surface area (Å²) in [6.45, 7) is 3.53. The molecule has 0 unspecified atom stereocenters. The Bertz CT molecular complexity index is 409. The van der Waals surface area contributed by atoms with E-state index in [9.17, 15) is 0 Å². The molecule has 1 aromatic rings. The number of anilines is 1. The molecule has 0 amide bonds. The number of hydrogen-bond acceptors (Lipinski definition) is 5. The van der Waals surface area contributed by atoms with E-state index in [1.807, 2.05) is 7.05 Å². The summed E-state index contributed by atoms with van der Waals surface area (Å²) in [7, 11) is 2.02. The van der Waals surface area contributed by atoms with E-state index >= 15 is 0 Å². The highest BCUT2D eigenvalue weighted by Crippen LogP contribution is 2.26. The fraction of sp³-hybridized carbons (Fsp3) is 0.667. The Morgan fingerprint density at radius 3 is 3.24 bits per heavy atom. The summed E-state index contributed by atoms with van der Waals surface area (Å²) in [6, 6.07) is 0.574. The smallest absolute Gasteiger partial charge is 0.137 e. The van der Waals surface area contributed by atoms with Crippen LogP contribution in [0.25, 0.3) is 0 Å². The van der Waals surface area contributed by atoms with Crippen molar-refractivity contribution in [1.82, 2.24) is 15.3 Å². The average molecular weight is 234 g/mol. The van der Waals surface area contributed by atoms with Gasteiger partial charge in [0.2, 0.25) is 0 Å². The number of aromatic nitrogens is 2. The molecule has 0 aromatic carbocycles. The Morgan fingerprint density at radius 2 is 2.41 bits per heavy atom. The maximum Gasteiger partial charge on any atom is 0.137 e. The summed E-state index contributed by atoms with van der Waals surface area (Å²) in [5.41, 5.74) is 2.35. The number of hydrogen-bond donors (Lipinski definition) is 1. The van der Waals surface area contributed by atoms with Crippen molar-refractivity contribution in [2.24, 2.45) is 0 Å². The molecule has 3 heterocycles. The van der Waals surface area contributed by atoms with E-state index < -0.39 is 0 Å². The summed E-state index contributed by atoms with van der Waals surface area (Å²) in [4.78, 5) is 11.2. The number of ether oxygens (including phenoxy) is 1. The van der Waals surface area contributed by atoms with Gasteiger partial charge in [0.25, 0.3) is 0 Å². The van der Waals surface area contributed by atoms with E-state index in [-0.39, 0.29) is 0 Å². The largest absolute Gasteiger partial charge is 0.376 e. The second kappa shape index (κ2) is 4.58. The van der Waals surface area contributed by atoms with Crippen molar-refractivity contribution in [1.29, 1.82) is 0 Å². The van der Waals surface area contributed by atoms with Crippen LogP contribution >= 0.6 is 0 Å². The number of nitrogens with one attached hydrogen (secondary N) is 1. The molecule has 1 atom stereocenters. The minimum atomic E-state index is 0.574. The van der Waals surface area contributed by atoms with Crippen LogP contribution in [0, 0.1) is 0 Å². The molecular weight excluding hydrogens is 216 g/mol. The fourth-order valence-electron chi connectivity index (χ4n) is 2.61. The standard InChI is InChI=1S/C12H18N4O/c1-13-9-2-4-16(6-9)12-10-7-17-5-3-11(10)14-8-15-12/h8-9,13H,2-7H2,1H3/t9-/m1/s1. The van der Waals surface area contributed by atoms with Crippen molar-refractivity contribution < 1.29 is 4.74 Å². The second-order valence-corrected chi connectivity index (χ2v) is 4.65. The minimum Gasteiger partial charge on any atom is -0.376 e. The Balaban J connectivity index is 1.88. The molecule has 0 radical (unpaired) electrons. The average Bonchev–Trinajstić information content (AvgIpc) is 2.87. The van der Waals surface area contributed by atoms with E-state index in [2.05, 4.69) is 20.2 Å². The maximum atomic E-state index is 5.53. The van der Waals surface area contributed by atoms with Crippen LogP contribution < -0.4 is 10.2 Å². The van der Waals surface area contributed by atoms with Gasteiger partial charge >= 0.3 is 0 Å². The van der Waals surface area contributed by atoms with Crippen molar-refractivity contribution in [2.45, 2.75) is 25.5 Å². The molecule has 0 bridgehead atoms. The second-order valence-electron chi connectivity index (χ2n) is 4.65. The first kappa shape index (κ1) is 10.9. The topological polar surface area (TPSA) is 50.3 Å². The molecule has 0 saturated carbocycles. The van der Waals surface area contributed by atoms with E-state index in [1.165, 1.54) is 12.0 Å². The van der Waals surface area contributed by atoms with Crippen LogP contribution in [0.2, 0.25) is 0 Å². The molecule has 1 N–H and O–H groups in total. The number of likely N-dealkylation sites (N-methyl/N-ethyl adjacent to an activating group) is 1.